The Kier molecular flexibility index (Phi) is 4.40. The van der Waals surface area contributed by atoms with Gasteiger partial charge in [-0.2, -0.15) is 0 Å². The van der Waals surface area contributed by atoms with Crippen LogP contribution in [-0.4, -0.2) is 22.8 Å². The molecule has 0 amide bonds. The molecule has 0 saturated carbocycles. The second-order valence-electron chi connectivity index (χ2n) is 7.14. The fourth-order valence-electron chi connectivity index (χ4n) is 3.28. The number of hydrogen-bond donors (Lipinski definition) is 1. The van der Waals surface area contributed by atoms with Crippen LogP contribution in [0.25, 0.3) is 11.0 Å². The molecule has 0 unspecified atom stereocenters. The highest BCUT2D eigenvalue weighted by atomic mass is 35.5. The first-order chi connectivity index (χ1) is 13.3. The summed E-state index contributed by atoms with van der Waals surface area (Å²) in [5.74, 6) is -0.286. The lowest BCUT2D eigenvalue weighted by molar-refractivity contribution is -0.116. The van der Waals surface area contributed by atoms with Gasteiger partial charge in [0.2, 0.25) is 0 Å². The van der Waals surface area contributed by atoms with E-state index in [-0.39, 0.29) is 11.1 Å². The summed E-state index contributed by atoms with van der Waals surface area (Å²) in [5, 5.41) is 11.9. The fraction of sp³-hybridized carbons (Fsp3) is 0.238. The zero-order valence-corrected chi connectivity index (χ0v) is 15.9. The molecule has 2 heterocycles. The normalized spacial score (nSPS) is 20.3. The molecule has 0 bridgehead atoms. The predicted molar refractivity (Wildman–Crippen MR) is 103 cm³/mol. The molecular weight excluding hydrogens is 384 g/mol. The van der Waals surface area contributed by atoms with Crippen LogP contribution in [0.15, 0.2) is 57.7 Å². The van der Waals surface area contributed by atoms with Gasteiger partial charge in [-0.25, -0.2) is 9.59 Å². The van der Waals surface area contributed by atoms with Crippen molar-refractivity contribution >= 4 is 28.5 Å². The van der Waals surface area contributed by atoms with Crippen molar-refractivity contribution in [2.45, 2.75) is 31.7 Å². The second-order valence-corrected chi connectivity index (χ2v) is 7.57. The van der Waals surface area contributed by atoms with Crippen molar-refractivity contribution in [3.63, 3.8) is 0 Å². The minimum Gasteiger partial charge on any atom is -0.484 e. The third-order valence-electron chi connectivity index (χ3n) is 4.74. The molecule has 6 nitrogen and oxygen atoms in total. The first-order valence-electron chi connectivity index (χ1n) is 8.67. The van der Waals surface area contributed by atoms with Crippen molar-refractivity contribution in [3.05, 3.63) is 75.1 Å². The fourth-order valence-corrected chi connectivity index (χ4v) is 3.47. The van der Waals surface area contributed by atoms with E-state index in [0.29, 0.717) is 21.7 Å². The molecule has 28 heavy (non-hydrogen) atoms. The van der Waals surface area contributed by atoms with Crippen LogP contribution in [0.1, 0.15) is 35.9 Å². The van der Waals surface area contributed by atoms with E-state index < -0.39 is 29.4 Å². The molecule has 0 aliphatic carbocycles. The SMILES string of the molecule is CC1(C)Oc2ccc3ccc(=O)oc3c2[C@H](OC(=O)c2cccc(Cl)c2)[C@H]1O. The van der Waals surface area contributed by atoms with Gasteiger partial charge in [0.1, 0.15) is 23.0 Å². The minimum absolute atomic E-state index is 0.212. The number of rotatable bonds is 2. The first-order valence-corrected chi connectivity index (χ1v) is 9.04. The average Bonchev–Trinajstić information content (AvgIpc) is 2.64. The van der Waals surface area contributed by atoms with Gasteiger partial charge in [0.25, 0.3) is 0 Å². The molecule has 2 aromatic carbocycles. The lowest BCUT2D eigenvalue weighted by atomic mass is 9.87. The highest BCUT2D eigenvalue weighted by Gasteiger charge is 2.46. The Bertz CT molecular complexity index is 1130. The maximum atomic E-state index is 12.7. The highest BCUT2D eigenvalue weighted by molar-refractivity contribution is 6.30. The molecule has 1 N–H and O–H groups in total. The van der Waals surface area contributed by atoms with Crippen molar-refractivity contribution in [3.8, 4) is 5.75 Å². The van der Waals surface area contributed by atoms with E-state index in [9.17, 15) is 14.7 Å². The molecule has 0 spiro atoms. The number of carbonyl (C=O) groups is 1. The van der Waals surface area contributed by atoms with Crippen molar-refractivity contribution in [1.82, 2.24) is 0 Å². The topological polar surface area (TPSA) is 86.0 Å². The molecular formula is C21H17ClO6. The van der Waals surface area contributed by atoms with E-state index >= 15 is 0 Å². The number of halogens is 1. The van der Waals surface area contributed by atoms with Crippen molar-refractivity contribution in [2.75, 3.05) is 0 Å². The van der Waals surface area contributed by atoms with Crippen LogP contribution in [0.4, 0.5) is 0 Å². The van der Waals surface area contributed by atoms with Gasteiger partial charge in [-0.05, 0) is 50.2 Å². The van der Waals surface area contributed by atoms with Crippen LogP contribution in [0, 0.1) is 0 Å². The van der Waals surface area contributed by atoms with Crippen LogP contribution >= 0.6 is 11.6 Å². The lowest BCUT2D eigenvalue weighted by Crippen LogP contribution is -2.50. The number of hydrogen-bond acceptors (Lipinski definition) is 6. The average molecular weight is 401 g/mol. The van der Waals surface area contributed by atoms with Gasteiger partial charge in [0.15, 0.2) is 6.10 Å². The Labute approximate surface area is 165 Å². The first kappa shape index (κ1) is 18.5. The minimum atomic E-state index is -1.20. The summed E-state index contributed by atoms with van der Waals surface area (Å²) in [5.41, 5.74) is -0.817. The van der Waals surface area contributed by atoms with Gasteiger partial charge in [-0.15, -0.1) is 0 Å². The maximum absolute atomic E-state index is 12.7. The molecule has 1 aliphatic heterocycles. The van der Waals surface area contributed by atoms with E-state index in [1.807, 2.05) is 0 Å². The number of aliphatic hydroxyl groups excluding tert-OH is 1. The summed E-state index contributed by atoms with van der Waals surface area (Å²) in [6, 6.07) is 12.6. The highest BCUT2D eigenvalue weighted by Crippen LogP contribution is 2.45. The number of benzene rings is 2. The maximum Gasteiger partial charge on any atom is 0.338 e. The molecule has 4 rings (SSSR count). The lowest BCUT2D eigenvalue weighted by Gasteiger charge is -2.41. The van der Waals surface area contributed by atoms with Gasteiger partial charge in [-0.3, -0.25) is 0 Å². The molecule has 7 heteroatoms. The number of ether oxygens (including phenoxy) is 2. The van der Waals surface area contributed by atoms with E-state index in [1.165, 1.54) is 12.1 Å². The van der Waals surface area contributed by atoms with Crippen LogP contribution in [0.5, 0.6) is 5.75 Å². The Balaban J connectivity index is 1.85. The zero-order chi connectivity index (χ0) is 20.1. The summed E-state index contributed by atoms with van der Waals surface area (Å²) in [6.07, 6.45) is -2.29. The van der Waals surface area contributed by atoms with Gasteiger partial charge in [0, 0.05) is 16.5 Å². The third-order valence-corrected chi connectivity index (χ3v) is 4.97. The predicted octanol–water partition coefficient (Wildman–Crippen LogP) is 3.88. The van der Waals surface area contributed by atoms with Crippen LogP contribution in [0.3, 0.4) is 0 Å². The number of aliphatic hydroxyl groups is 1. The summed E-state index contributed by atoms with van der Waals surface area (Å²) in [4.78, 5) is 24.5. The molecule has 1 aromatic heterocycles. The zero-order valence-electron chi connectivity index (χ0n) is 15.1. The van der Waals surface area contributed by atoms with Crippen LogP contribution in [-0.2, 0) is 4.74 Å². The Morgan fingerprint density at radius 2 is 1.93 bits per heavy atom. The van der Waals surface area contributed by atoms with Crippen molar-refractivity contribution in [1.29, 1.82) is 0 Å². The molecule has 0 saturated heterocycles. The molecule has 0 radical (unpaired) electrons. The van der Waals surface area contributed by atoms with Gasteiger partial charge >= 0.3 is 11.6 Å². The summed E-state index contributed by atoms with van der Waals surface area (Å²) < 4.78 is 16.9. The largest absolute Gasteiger partial charge is 0.484 e. The van der Waals surface area contributed by atoms with Crippen LogP contribution < -0.4 is 10.4 Å². The van der Waals surface area contributed by atoms with Crippen LogP contribution in [0.2, 0.25) is 5.02 Å². The van der Waals surface area contributed by atoms with Gasteiger partial charge in [0.05, 0.1) is 11.1 Å². The number of esters is 1. The quantitative estimate of drug-likeness (QED) is 0.519. The Morgan fingerprint density at radius 1 is 1.18 bits per heavy atom. The van der Waals surface area contributed by atoms with Gasteiger partial charge in [-0.1, -0.05) is 17.7 Å². The second kappa shape index (κ2) is 6.65. The summed E-state index contributed by atoms with van der Waals surface area (Å²) in [7, 11) is 0. The molecule has 144 valence electrons. The Hall–Kier alpha value is -2.83. The van der Waals surface area contributed by atoms with Crippen molar-refractivity contribution in [2.24, 2.45) is 0 Å². The van der Waals surface area contributed by atoms with E-state index in [4.69, 9.17) is 25.5 Å². The Morgan fingerprint density at radius 3 is 2.68 bits per heavy atom. The molecule has 0 fully saturated rings. The molecule has 2 atom stereocenters. The van der Waals surface area contributed by atoms with E-state index in [2.05, 4.69) is 0 Å². The number of fused-ring (bicyclic) bond motifs is 3. The van der Waals surface area contributed by atoms with E-state index in [1.54, 1.807) is 50.2 Å². The summed E-state index contributed by atoms with van der Waals surface area (Å²) in [6.45, 7) is 3.37. The standard InChI is InChI=1S/C21H17ClO6/c1-21(2)19(24)18(27-20(25)12-4-3-5-13(22)10-12)16-14(28-21)8-6-11-7-9-15(23)26-17(11)16/h3-10,18-19,24H,1-2H3/t18-,19+/m0/s1. The van der Waals surface area contributed by atoms with Gasteiger partial charge < -0.3 is 19.0 Å². The summed E-state index contributed by atoms with van der Waals surface area (Å²) >= 11 is 5.96. The van der Waals surface area contributed by atoms with Crippen molar-refractivity contribution < 1.29 is 23.8 Å². The monoisotopic (exact) mass is 400 g/mol. The molecule has 3 aromatic rings. The van der Waals surface area contributed by atoms with E-state index in [0.717, 1.165) is 0 Å². The molecule has 1 aliphatic rings. The smallest absolute Gasteiger partial charge is 0.338 e. The third kappa shape index (κ3) is 3.15. The number of carbonyl (C=O) groups excluding carboxylic acids is 1.